The maximum Gasteiger partial charge on any atom is 0.263 e. The van der Waals surface area contributed by atoms with Gasteiger partial charge in [0.15, 0.2) is 0 Å². The predicted octanol–water partition coefficient (Wildman–Crippen LogP) is 2.91. The minimum absolute atomic E-state index is 0.173. The highest BCUT2D eigenvalue weighted by Crippen LogP contribution is 2.22. The van der Waals surface area contributed by atoms with Crippen LogP contribution in [0.3, 0.4) is 0 Å². The summed E-state index contributed by atoms with van der Waals surface area (Å²) in [6.45, 7) is 4.01. The molecule has 0 N–H and O–H groups in total. The maximum absolute atomic E-state index is 12.1. The van der Waals surface area contributed by atoms with Gasteiger partial charge in [-0.15, -0.1) is 24.0 Å². The van der Waals surface area contributed by atoms with E-state index in [0.29, 0.717) is 5.92 Å². The van der Waals surface area contributed by atoms with Crippen LogP contribution in [0.5, 0.6) is 0 Å². The van der Waals surface area contributed by atoms with Crippen molar-refractivity contribution < 1.29 is 4.79 Å². The molecule has 1 aromatic heterocycles. The van der Waals surface area contributed by atoms with Crippen LogP contribution in [0.15, 0.2) is 16.3 Å². The second-order valence-electron chi connectivity index (χ2n) is 4.17. The maximum atomic E-state index is 12.1. The molecule has 1 atom stereocenters. The fourth-order valence-corrected chi connectivity index (χ4v) is 3.08. The van der Waals surface area contributed by atoms with Gasteiger partial charge in [-0.2, -0.15) is 0 Å². The Hall–Kier alpha value is -0.480. The number of likely N-dealkylation sites (tertiary alicyclic amines) is 1. The average molecular weight is 241 g/mol. The number of hydrogen-bond acceptors (Lipinski definition) is 3. The van der Waals surface area contributed by atoms with Gasteiger partial charge in [-0.05, 0) is 24.8 Å². The van der Waals surface area contributed by atoms with E-state index in [1.165, 1.54) is 17.8 Å². The van der Waals surface area contributed by atoms with E-state index in [-0.39, 0.29) is 5.91 Å². The number of amides is 1. The first-order chi connectivity index (χ1) is 7.16. The van der Waals surface area contributed by atoms with Crippen molar-refractivity contribution >= 4 is 29.9 Å². The number of thiol groups is 1. The molecule has 0 radical (unpaired) electrons. The van der Waals surface area contributed by atoms with E-state index < -0.39 is 0 Å². The number of carbonyl (C=O) groups excluding carboxylic acids is 1. The van der Waals surface area contributed by atoms with Gasteiger partial charge in [0.05, 0.1) is 4.88 Å². The highest BCUT2D eigenvalue weighted by molar-refractivity contribution is 7.80. The van der Waals surface area contributed by atoms with Crippen LogP contribution in [0, 0.1) is 5.92 Å². The lowest BCUT2D eigenvalue weighted by molar-refractivity contribution is 0.0688. The minimum Gasteiger partial charge on any atom is -0.338 e. The van der Waals surface area contributed by atoms with Crippen LogP contribution in [0.4, 0.5) is 0 Å². The van der Waals surface area contributed by atoms with E-state index in [2.05, 4.69) is 19.6 Å². The summed E-state index contributed by atoms with van der Waals surface area (Å²) >= 11 is 5.71. The van der Waals surface area contributed by atoms with Crippen molar-refractivity contribution in [1.82, 2.24) is 4.90 Å². The smallest absolute Gasteiger partial charge is 0.263 e. The molecular formula is C11H15NOS2. The first kappa shape index (κ1) is 11.0. The number of thiophene rings is 1. The van der Waals surface area contributed by atoms with Gasteiger partial charge in [-0.25, -0.2) is 0 Å². The molecule has 1 fully saturated rings. The van der Waals surface area contributed by atoms with Crippen molar-refractivity contribution in [3.8, 4) is 0 Å². The van der Waals surface area contributed by atoms with Crippen LogP contribution in [-0.2, 0) is 0 Å². The molecular weight excluding hydrogens is 226 g/mol. The second kappa shape index (κ2) is 4.58. The molecule has 1 unspecified atom stereocenters. The van der Waals surface area contributed by atoms with E-state index in [1.54, 1.807) is 0 Å². The summed E-state index contributed by atoms with van der Waals surface area (Å²) < 4.78 is 0. The molecule has 2 rings (SSSR count). The lowest BCUT2D eigenvalue weighted by Crippen LogP contribution is -2.38. The molecule has 0 aliphatic carbocycles. The third-order valence-corrected chi connectivity index (χ3v) is 4.09. The van der Waals surface area contributed by atoms with Crippen LogP contribution < -0.4 is 0 Å². The second-order valence-corrected chi connectivity index (χ2v) is 5.60. The van der Waals surface area contributed by atoms with Gasteiger partial charge in [0.1, 0.15) is 0 Å². The van der Waals surface area contributed by atoms with Gasteiger partial charge >= 0.3 is 0 Å². The van der Waals surface area contributed by atoms with Crippen LogP contribution in [-0.4, -0.2) is 23.9 Å². The van der Waals surface area contributed by atoms with Crippen molar-refractivity contribution in [1.29, 1.82) is 0 Å². The molecule has 2 heterocycles. The Morgan fingerprint density at radius 1 is 1.67 bits per heavy atom. The number of piperidine rings is 1. The quantitative estimate of drug-likeness (QED) is 0.750. The monoisotopic (exact) mass is 241 g/mol. The first-order valence-corrected chi connectivity index (χ1v) is 6.56. The van der Waals surface area contributed by atoms with E-state index in [4.69, 9.17) is 0 Å². The molecule has 4 heteroatoms. The Labute approximate surface area is 99.7 Å². The summed E-state index contributed by atoms with van der Waals surface area (Å²) in [5.74, 6) is 0.810. The standard InChI is InChI=1S/C11H15NOS2/c1-8-3-2-4-12(6-8)11(13)10-5-9(14)7-15-10/h5,7-8,14H,2-4,6H2,1H3. The van der Waals surface area contributed by atoms with Gasteiger partial charge in [-0.3, -0.25) is 4.79 Å². The van der Waals surface area contributed by atoms with Gasteiger partial charge in [-0.1, -0.05) is 6.92 Å². The Bertz CT molecular complexity index is 361. The van der Waals surface area contributed by atoms with E-state index >= 15 is 0 Å². The molecule has 0 saturated carbocycles. The van der Waals surface area contributed by atoms with Gasteiger partial charge in [0.25, 0.3) is 5.91 Å². The molecule has 82 valence electrons. The van der Waals surface area contributed by atoms with E-state index in [1.807, 2.05) is 16.3 Å². The third-order valence-electron chi connectivity index (χ3n) is 2.74. The molecule has 0 bridgehead atoms. The molecule has 0 spiro atoms. The van der Waals surface area contributed by atoms with Gasteiger partial charge in [0, 0.05) is 23.4 Å². The van der Waals surface area contributed by atoms with Crippen LogP contribution in [0.25, 0.3) is 0 Å². The van der Waals surface area contributed by atoms with E-state index in [9.17, 15) is 4.79 Å². The molecule has 0 aromatic carbocycles. The summed E-state index contributed by atoms with van der Waals surface area (Å²) in [6, 6.07) is 1.86. The topological polar surface area (TPSA) is 20.3 Å². The highest BCUT2D eigenvalue weighted by Gasteiger charge is 2.22. The summed E-state index contributed by atoms with van der Waals surface area (Å²) in [4.78, 5) is 15.7. The highest BCUT2D eigenvalue weighted by atomic mass is 32.1. The molecule has 1 aliphatic rings. The third kappa shape index (κ3) is 2.55. The minimum atomic E-state index is 0.173. The van der Waals surface area contributed by atoms with Crippen LogP contribution in [0.1, 0.15) is 29.4 Å². The van der Waals surface area contributed by atoms with Crippen molar-refractivity contribution in [2.75, 3.05) is 13.1 Å². The normalized spacial score (nSPS) is 21.7. The predicted molar refractivity (Wildman–Crippen MR) is 65.9 cm³/mol. The van der Waals surface area contributed by atoms with Crippen molar-refractivity contribution in [3.05, 3.63) is 16.3 Å². The number of rotatable bonds is 1. The van der Waals surface area contributed by atoms with Crippen molar-refractivity contribution in [3.63, 3.8) is 0 Å². The SMILES string of the molecule is CC1CCCN(C(=O)c2cc(S)cs2)C1. The molecule has 1 saturated heterocycles. The fourth-order valence-electron chi connectivity index (χ4n) is 1.97. The molecule has 1 amide bonds. The Morgan fingerprint density at radius 3 is 3.07 bits per heavy atom. The molecule has 2 nitrogen and oxygen atoms in total. The lowest BCUT2D eigenvalue weighted by atomic mass is 10.0. The van der Waals surface area contributed by atoms with Crippen LogP contribution >= 0.6 is 24.0 Å². The molecule has 1 aliphatic heterocycles. The van der Waals surface area contributed by atoms with E-state index in [0.717, 1.165) is 29.3 Å². The first-order valence-electron chi connectivity index (χ1n) is 5.23. The molecule has 15 heavy (non-hydrogen) atoms. The zero-order valence-corrected chi connectivity index (χ0v) is 10.5. The lowest BCUT2D eigenvalue weighted by Gasteiger charge is -2.30. The van der Waals surface area contributed by atoms with Gasteiger partial charge in [0.2, 0.25) is 0 Å². The molecule has 1 aromatic rings. The van der Waals surface area contributed by atoms with Crippen LogP contribution in [0.2, 0.25) is 0 Å². The number of hydrogen-bond donors (Lipinski definition) is 1. The Morgan fingerprint density at radius 2 is 2.47 bits per heavy atom. The summed E-state index contributed by atoms with van der Waals surface area (Å²) in [6.07, 6.45) is 2.37. The summed E-state index contributed by atoms with van der Waals surface area (Å²) in [5.41, 5.74) is 0. The zero-order chi connectivity index (χ0) is 10.8. The summed E-state index contributed by atoms with van der Waals surface area (Å²) in [7, 11) is 0. The van der Waals surface area contributed by atoms with Crippen molar-refractivity contribution in [2.45, 2.75) is 24.7 Å². The average Bonchev–Trinajstić information content (AvgIpc) is 2.64. The van der Waals surface area contributed by atoms with Crippen molar-refractivity contribution in [2.24, 2.45) is 5.92 Å². The van der Waals surface area contributed by atoms with Gasteiger partial charge < -0.3 is 4.90 Å². The number of carbonyl (C=O) groups is 1. The Balaban J connectivity index is 2.07. The Kier molecular flexibility index (Phi) is 3.36. The number of nitrogens with zero attached hydrogens (tertiary/aromatic N) is 1. The summed E-state index contributed by atoms with van der Waals surface area (Å²) in [5, 5.41) is 1.91. The fraction of sp³-hybridized carbons (Fsp3) is 0.545. The largest absolute Gasteiger partial charge is 0.338 e. The zero-order valence-electron chi connectivity index (χ0n) is 8.77.